The fourth-order valence-corrected chi connectivity index (χ4v) is 4.37. The van der Waals surface area contributed by atoms with Crippen molar-refractivity contribution in [3.63, 3.8) is 0 Å². The molecular weight excluding hydrogens is 404 g/mol. The van der Waals surface area contributed by atoms with Gasteiger partial charge < -0.3 is 14.0 Å². The highest BCUT2D eigenvalue weighted by molar-refractivity contribution is 7.86. The number of benzene rings is 2. The molecule has 0 unspecified atom stereocenters. The van der Waals surface area contributed by atoms with E-state index in [9.17, 15) is 18.0 Å². The van der Waals surface area contributed by atoms with Crippen LogP contribution in [0.4, 0.5) is 0 Å². The smallest absolute Gasteiger partial charge is 0.306 e. The Hall–Kier alpha value is -3.39. The van der Waals surface area contributed by atoms with Gasteiger partial charge >= 0.3 is 10.1 Å². The lowest BCUT2D eigenvalue weighted by molar-refractivity contribution is -0.122. The summed E-state index contributed by atoms with van der Waals surface area (Å²) in [6.45, 7) is 0. The zero-order valence-electron chi connectivity index (χ0n) is 17.0. The lowest BCUT2D eigenvalue weighted by atomic mass is 9.83. The molecule has 30 heavy (non-hydrogen) atoms. The van der Waals surface area contributed by atoms with Crippen molar-refractivity contribution in [2.24, 2.45) is 0 Å². The number of fused-ring (bicyclic) bond motifs is 2. The zero-order chi connectivity index (χ0) is 21.8. The van der Waals surface area contributed by atoms with Crippen molar-refractivity contribution >= 4 is 33.2 Å². The van der Waals surface area contributed by atoms with E-state index in [4.69, 9.17) is 4.18 Å². The molecule has 1 amide bonds. The molecule has 0 N–H and O–H groups in total. The first kappa shape index (κ1) is 19.9. The molecule has 1 aliphatic heterocycles. The predicted octanol–water partition coefficient (Wildman–Crippen LogP) is 2.38. The minimum Gasteiger partial charge on any atom is -0.383 e. The third-order valence-corrected chi connectivity index (χ3v) is 5.55. The Labute approximate surface area is 175 Å². The van der Waals surface area contributed by atoms with E-state index < -0.39 is 10.1 Å². The Bertz CT molecular complexity index is 1250. The van der Waals surface area contributed by atoms with Crippen LogP contribution in [0.25, 0.3) is 11.4 Å². The van der Waals surface area contributed by atoms with Crippen LogP contribution in [0.1, 0.15) is 21.5 Å². The summed E-state index contributed by atoms with van der Waals surface area (Å²) < 4.78 is 27.6. The van der Waals surface area contributed by atoms with Crippen molar-refractivity contribution in [2.75, 3.05) is 27.4 Å². The number of rotatable bonds is 4. The summed E-state index contributed by atoms with van der Waals surface area (Å²) in [6.07, 6.45) is 0.965. The summed E-state index contributed by atoms with van der Waals surface area (Å²) in [7, 11) is 1.66. The second kappa shape index (κ2) is 6.84. The van der Waals surface area contributed by atoms with Crippen LogP contribution < -0.4 is 4.18 Å². The highest BCUT2D eigenvalue weighted by Crippen LogP contribution is 2.45. The number of carbonyl (C=O) groups excluding carboxylic acids is 2. The van der Waals surface area contributed by atoms with Crippen LogP contribution >= 0.6 is 0 Å². The van der Waals surface area contributed by atoms with Crippen molar-refractivity contribution in [3.05, 3.63) is 76.4 Å². The highest BCUT2D eigenvalue weighted by Gasteiger charge is 2.43. The second-order valence-electron chi connectivity index (χ2n) is 7.39. The maximum atomic E-state index is 13.4. The molecule has 1 aliphatic carbocycles. The van der Waals surface area contributed by atoms with Gasteiger partial charge in [-0.1, -0.05) is 24.3 Å². The number of likely N-dealkylation sites (N-methyl/N-ethyl adjacent to an activating group) is 1. The first-order chi connectivity index (χ1) is 14.1. The maximum absolute atomic E-state index is 13.4. The van der Waals surface area contributed by atoms with E-state index >= 15 is 0 Å². The van der Waals surface area contributed by atoms with E-state index in [1.54, 1.807) is 31.3 Å². The average molecular weight is 424 g/mol. The standard InChI is InChI=1S/C22H20N2O5S/c1-23(2)20-15-7-5-6-8-16(15)21(25)17-18(20)22(26)24(3)19(17)13-9-11-14(12-10-13)29-30(4,27)28/h5-12H,1-4H3. The summed E-state index contributed by atoms with van der Waals surface area (Å²) in [5, 5.41) is 0. The molecule has 0 aromatic heterocycles. The van der Waals surface area contributed by atoms with Gasteiger partial charge in [-0.25, -0.2) is 0 Å². The van der Waals surface area contributed by atoms with Gasteiger partial charge in [-0.05, 0) is 29.8 Å². The molecule has 2 aromatic carbocycles. The molecule has 2 aliphatic rings. The van der Waals surface area contributed by atoms with E-state index in [1.807, 2.05) is 31.1 Å². The molecule has 0 fully saturated rings. The number of hydrogen-bond acceptors (Lipinski definition) is 6. The molecule has 0 bridgehead atoms. The van der Waals surface area contributed by atoms with E-state index in [1.165, 1.54) is 17.0 Å². The molecule has 154 valence electrons. The fraction of sp³-hybridized carbons (Fsp3) is 0.182. The number of ketones is 1. The zero-order valence-corrected chi connectivity index (χ0v) is 17.8. The number of Topliss-reactive ketones (excluding diaryl/α,β-unsaturated/α-hetero) is 1. The second-order valence-corrected chi connectivity index (χ2v) is 8.97. The molecule has 0 atom stereocenters. The van der Waals surface area contributed by atoms with Gasteiger partial charge in [0, 0.05) is 32.3 Å². The molecule has 2 aromatic rings. The fourth-order valence-electron chi connectivity index (χ4n) is 3.91. The lowest BCUT2D eigenvalue weighted by Gasteiger charge is -2.26. The van der Waals surface area contributed by atoms with Crippen LogP contribution in [0.2, 0.25) is 0 Å². The minimum absolute atomic E-state index is 0.156. The van der Waals surface area contributed by atoms with Gasteiger partial charge in [-0.15, -0.1) is 0 Å². The predicted molar refractivity (Wildman–Crippen MR) is 113 cm³/mol. The van der Waals surface area contributed by atoms with Gasteiger partial charge in [0.25, 0.3) is 5.91 Å². The van der Waals surface area contributed by atoms with Gasteiger partial charge in [-0.3, -0.25) is 9.59 Å². The van der Waals surface area contributed by atoms with Crippen LogP contribution in [0.3, 0.4) is 0 Å². The van der Waals surface area contributed by atoms with Gasteiger partial charge in [0.05, 0.1) is 28.8 Å². The third-order valence-electron chi connectivity index (χ3n) is 5.05. The Balaban J connectivity index is 1.94. The largest absolute Gasteiger partial charge is 0.383 e. The first-order valence-electron chi connectivity index (χ1n) is 9.18. The van der Waals surface area contributed by atoms with Crippen molar-refractivity contribution < 1.29 is 22.2 Å². The van der Waals surface area contributed by atoms with Crippen LogP contribution in [0, 0.1) is 0 Å². The minimum atomic E-state index is -3.65. The first-order valence-corrected chi connectivity index (χ1v) is 11.0. The Morgan fingerprint density at radius 3 is 2.07 bits per heavy atom. The molecule has 0 saturated heterocycles. The van der Waals surface area contributed by atoms with Gasteiger partial charge in [0.1, 0.15) is 5.75 Å². The number of hydrogen-bond donors (Lipinski definition) is 0. The van der Waals surface area contributed by atoms with Gasteiger partial charge in [-0.2, -0.15) is 8.42 Å². The molecule has 0 radical (unpaired) electrons. The Morgan fingerprint density at radius 2 is 1.50 bits per heavy atom. The molecular formula is C22H20N2O5S. The number of carbonyl (C=O) groups is 2. The van der Waals surface area contributed by atoms with Crippen LogP contribution in [-0.4, -0.2) is 57.3 Å². The van der Waals surface area contributed by atoms with Crippen LogP contribution in [0.5, 0.6) is 5.75 Å². The Morgan fingerprint density at radius 1 is 0.900 bits per heavy atom. The molecule has 4 rings (SSSR count). The summed E-state index contributed by atoms with van der Waals surface area (Å²) in [5.41, 5.74) is 3.79. The Kier molecular flexibility index (Phi) is 4.54. The van der Waals surface area contributed by atoms with Gasteiger partial charge in [0.2, 0.25) is 0 Å². The average Bonchev–Trinajstić information content (AvgIpc) is 2.93. The lowest BCUT2D eigenvalue weighted by Crippen LogP contribution is -2.26. The third kappa shape index (κ3) is 3.09. The summed E-state index contributed by atoms with van der Waals surface area (Å²) in [6, 6.07) is 13.5. The molecule has 8 heteroatoms. The number of nitrogens with zero attached hydrogens (tertiary/aromatic N) is 2. The SMILES string of the molecule is CN(C)C1=C2C(=O)N(C)C(c3ccc(OS(C)(=O)=O)cc3)=C2C(=O)c2ccccc21. The molecule has 1 heterocycles. The van der Waals surface area contributed by atoms with Crippen LogP contribution in [0.15, 0.2) is 59.7 Å². The molecule has 7 nitrogen and oxygen atoms in total. The van der Waals surface area contributed by atoms with Crippen molar-refractivity contribution in [1.29, 1.82) is 0 Å². The highest BCUT2D eigenvalue weighted by atomic mass is 32.2. The van der Waals surface area contributed by atoms with E-state index in [2.05, 4.69) is 0 Å². The molecule has 0 spiro atoms. The number of amides is 1. The van der Waals surface area contributed by atoms with E-state index in [0.29, 0.717) is 33.7 Å². The normalized spacial score (nSPS) is 16.1. The maximum Gasteiger partial charge on any atom is 0.306 e. The van der Waals surface area contributed by atoms with Crippen molar-refractivity contribution in [1.82, 2.24) is 9.80 Å². The summed E-state index contributed by atoms with van der Waals surface area (Å²) in [4.78, 5) is 29.9. The summed E-state index contributed by atoms with van der Waals surface area (Å²) >= 11 is 0. The summed E-state index contributed by atoms with van der Waals surface area (Å²) in [5.74, 6) is -0.317. The van der Waals surface area contributed by atoms with E-state index in [-0.39, 0.29) is 17.4 Å². The van der Waals surface area contributed by atoms with Crippen molar-refractivity contribution in [3.8, 4) is 5.75 Å². The van der Waals surface area contributed by atoms with Gasteiger partial charge in [0.15, 0.2) is 5.78 Å². The van der Waals surface area contributed by atoms with Crippen molar-refractivity contribution in [2.45, 2.75) is 0 Å². The van der Waals surface area contributed by atoms with E-state index in [0.717, 1.165) is 11.8 Å². The van der Waals surface area contributed by atoms with Crippen LogP contribution in [-0.2, 0) is 14.9 Å². The molecule has 0 saturated carbocycles. The quantitative estimate of drug-likeness (QED) is 0.701. The monoisotopic (exact) mass is 424 g/mol. The topological polar surface area (TPSA) is 84.0 Å².